The van der Waals surface area contributed by atoms with Gasteiger partial charge in [-0.25, -0.2) is 9.59 Å². The number of ether oxygens (including phenoxy) is 3. The van der Waals surface area contributed by atoms with E-state index in [4.69, 9.17) is 19.9 Å². The second-order valence-electron chi connectivity index (χ2n) is 8.98. The van der Waals surface area contributed by atoms with E-state index in [0.717, 1.165) is 11.1 Å². The van der Waals surface area contributed by atoms with E-state index in [0.29, 0.717) is 22.5 Å². The minimum Gasteiger partial charge on any atom is -0.459 e. The molecule has 0 amide bonds. The molecule has 0 bridgehead atoms. The van der Waals surface area contributed by atoms with Crippen LogP contribution in [0.2, 0.25) is 0 Å². The highest BCUT2D eigenvalue weighted by atomic mass is 32.1. The fourth-order valence-electron chi connectivity index (χ4n) is 4.18. The molecular weight excluding hydrogens is 512 g/mol. The van der Waals surface area contributed by atoms with Gasteiger partial charge in [0.05, 0.1) is 11.1 Å². The second-order valence-corrected chi connectivity index (χ2v) is 9.94. The predicted octanol–water partition coefficient (Wildman–Crippen LogP) is 2.72. The van der Waals surface area contributed by atoms with Gasteiger partial charge in [-0.2, -0.15) is 4.98 Å². The first-order valence-corrected chi connectivity index (χ1v) is 12.6. The molecule has 4 aromatic rings. The Morgan fingerprint density at radius 2 is 1.66 bits per heavy atom. The van der Waals surface area contributed by atoms with Crippen LogP contribution in [0.3, 0.4) is 0 Å². The number of aromatic amines is 1. The molecule has 1 aliphatic rings. The number of hydrogen-bond acceptors (Lipinski definition) is 10. The van der Waals surface area contributed by atoms with Gasteiger partial charge < -0.3 is 24.9 Å². The van der Waals surface area contributed by atoms with Crippen molar-refractivity contribution < 1.29 is 23.8 Å². The van der Waals surface area contributed by atoms with Gasteiger partial charge in [0.1, 0.15) is 35.4 Å². The Balaban J connectivity index is 1.41. The van der Waals surface area contributed by atoms with Gasteiger partial charge in [0.25, 0.3) is 5.56 Å². The molecule has 2 aromatic carbocycles. The fraction of sp³-hybridized carbons (Fsp3) is 0.269. The van der Waals surface area contributed by atoms with E-state index >= 15 is 0 Å². The average Bonchev–Trinajstić information content (AvgIpc) is 3.42. The number of thiazole rings is 1. The molecule has 0 radical (unpaired) electrons. The molecule has 3 atom stereocenters. The number of rotatable bonds is 6. The van der Waals surface area contributed by atoms with Gasteiger partial charge in [0.2, 0.25) is 5.95 Å². The Morgan fingerprint density at radius 1 is 1.05 bits per heavy atom. The smallest absolute Gasteiger partial charge is 0.338 e. The molecule has 5 rings (SSSR count). The zero-order chi connectivity index (χ0) is 27.0. The van der Waals surface area contributed by atoms with Crippen LogP contribution in [-0.2, 0) is 14.2 Å². The number of nitrogens with two attached hydrogens (primary N) is 1. The van der Waals surface area contributed by atoms with Crippen LogP contribution in [-0.4, -0.2) is 45.3 Å². The lowest BCUT2D eigenvalue weighted by Crippen LogP contribution is -2.32. The summed E-state index contributed by atoms with van der Waals surface area (Å²) in [7, 11) is 0. The highest BCUT2D eigenvalue weighted by Crippen LogP contribution is 2.33. The van der Waals surface area contributed by atoms with Gasteiger partial charge in [-0.15, -0.1) is 0 Å². The molecule has 11 nitrogen and oxygen atoms in total. The van der Waals surface area contributed by atoms with Crippen LogP contribution in [0.1, 0.15) is 44.5 Å². The Bertz CT molecular complexity index is 1620. The minimum atomic E-state index is -0.924. The number of anilines is 1. The average molecular weight is 537 g/mol. The van der Waals surface area contributed by atoms with E-state index < -0.39 is 40.8 Å². The third kappa shape index (κ3) is 5.08. The van der Waals surface area contributed by atoms with Gasteiger partial charge in [0, 0.05) is 6.42 Å². The van der Waals surface area contributed by atoms with Crippen molar-refractivity contribution in [1.29, 1.82) is 0 Å². The van der Waals surface area contributed by atoms with Crippen molar-refractivity contribution in [2.75, 3.05) is 12.3 Å². The second kappa shape index (κ2) is 10.2. The number of hydrogen-bond donors (Lipinski definition) is 2. The van der Waals surface area contributed by atoms with Crippen LogP contribution in [0, 0.1) is 13.8 Å². The van der Waals surface area contributed by atoms with E-state index in [-0.39, 0.29) is 29.3 Å². The van der Waals surface area contributed by atoms with Crippen molar-refractivity contribution in [1.82, 2.24) is 14.5 Å². The lowest BCUT2D eigenvalue weighted by molar-refractivity contribution is -0.0567. The molecule has 1 aliphatic heterocycles. The van der Waals surface area contributed by atoms with Gasteiger partial charge in [-0.05, 0) is 38.1 Å². The zero-order valence-electron chi connectivity index (χ0n) is 20.5. The number of esters is 2. The molecule has 1 saturated heterocycles. The number of carbonyl (C=O) groups excluding carboxylic acids is 2. The lowest BCUT2D eigenvalue weighted by Gasteiger charge is -2.19. The predicted molar refractivity (Wildman–Crippen MR) is 139 cm³/mol. The molecule has 38 heavy (non-hydrogen) atoms. The van der Waals surface area contributed by atoms with Gasteiger partial charge in [-0.3, -0.25) is 14.2 Å². The largest absolute Gasteiger partial charge is 0.459 e. The minimum absolute atomic E-state index is 0.0698. The third-order valence-electron chi connectivity index (χ3n) is 6.18. The van der Waals surface area contributed by atoms with Crippen LogP contribution in [0.25, 0.3) is 10.3 Å². The Morgan fingerprint density at radius 3 is 2.29 bits per heavy atom. The van der Waals surface area contributed by atoms with Crippen molar-refractivity contribution in [2.24, 2.45) is 0 Å². The molecular formula is C26H24N4O7S. The van der Waals surface area contributed by atoms with Gasteiger partial charge in [-0.1, -0.05) is 46.7 Å². The Hall–Kier alpha value is -4.29. The zero-order valence-corrected chi connectivity index (χ0v) is 21.3. The SMILES string of the molecule is Cc1ccc(C(=O)OC[C@H]2O[C@@H](n3c(=O)sc4c(=O)nc(N)[nH]c43)C[C@@H]2OC(=O)c2ccc(C)cc2)cc1. The third-order valence-corrected chi connectivity index (χ3v) is 7.13. The number of benzene rings is 2. The van der Waals surface area contributed by atoms with Crippen molar-refractivity contribution in [2.45, 2.75) is 38.7 Å². The summed E-state index contributed by atoms with van der Waals surface area (Å²) in [6.07, 6.45) is -2.59. The molecule has 0 spiro atoms. The molecule has 12 heteroatoms. The van der Waals surface area contributed by atoms with Crippen LogP contribution < -0.4 is 16.2 Å². The number of aryl methyl sites for hydroxylation is 2. The van der Waals surface area contributed by atoms with Crippen LogP contribution in [0.4, 0.5) is 5.95 Å². The number of nitrogen functional groups attached to an aromatic ring is 1. The number of nitrogens with one attached hydrogen (secondary N) is 1. The van der Waals surface area contributed by atoms with E-state index in [1.54, 1.807) is 48.5 Å². The van der Waals surface area contributed by atoms with Gasteiger partial charge >= 0.3 is 16.8 Å². The highest BCUT2D eigenvalue weighted by molar-refractivity contribution is 7.16. The topological polar surface area (TPSA) is 156 Å². The Labute approximate surface area is 219 Å². The number of fused-ring (bicyclic) bond motifs is 1. The van der Waals surface area contributed by atoms with E-state index in [1.807, 2.05) is 13.8 Å². The summed E-state index contributed by atoms with van der Waals surface area (Å²) < 4.78 is 18.7. The number of nitrogens with zero attached hydrogens (tertiary/aromatic N) is 2. The quantitative estimate of drug-likeness (QED) is 0.354. The lowest BCUT2D eigenvalue weighted by atomic mass is 10.1. The van der Waals surface area contributed by atoms with Crippen LogP contribution >= 0.6 is 11.3 Å². The molecule has 196 valence electrons. The maximum atomic E-state index is 12.9. The maximum Gasteiger partial charge on any atom is 0.338 e. The number of carbonyl (C=O) groups is 2. The number of H-pyrrole nitrogens is 1. The van der Waals surface area contributed by atoms with Crippen molar-refractivity contribution in [3.05, 3.63) is 90.8 Å². The van der Waals surface area contributed by atoms with Crippen LogP contribution in [0.5, 0.6) is 0 Å². The van der Waals surface area contributed by atoms with Crippen molar-refractivity contribution in [3.63, 3.8) is 0 Å². The monoisotopic (exact) mass is 536 g/mol. The van der Waals surface area contributed by atoms with E-state index in [2.05, 4.69) is 9.97 Å². The molecule has 0 unspecified atom stereocenters. The normalized spacial score (nSPS) is 18.9. The summed E-state index contributed by atoms with van der Waals surface area (Å²) in [6, 6.07) is 13.8. The first-order chi connectivity index (χ1) is 18.2. The molecule has 0 aliphatic carbocycles. The molecule has 3 heterocycles. The summed E-state index contributed by atoms with van der Waals surface area (Å²) in [5.74, 6) is -1.31. The Kier molecular flexibility index (Phi) is 6.83. The van der Waals surface area contributed by atoms with Gasteiger partial charge in [0.15, 0.2) is 0 Å². The summed E-state index contributed by atoms with van der Waals surface area (Å²) >= 11 is 0.705. The molecule has 2 aromatic heterocycles. The molecule has 1 fully saturated rings. The van der Waals surface area contributed by atoms with E-state index in [9.17, 15) is 19.2 Å². The van der Waals surface area contributed by atoms with Crippen molar-refractivity contribution >= 4 is 39.6 Å². The maximum absolute atomic E-state index is 12.9. The standard InChI is InChI=1S/C26H24N4O7S/c1-13-3-7-15(8-4-13)23(32)35-12-18-17(37-24(33)16-9-5-14(2)6-10-16)11-19(36-18)30-21-20(38-26(30)34)22(31)29-25(27)28-21/h3-10,17-19H,11-12H2,1-2H3,(H3,27,28,29,31)/t17-,18+,19+/m0/s1. The molecule has 3 N–H and O–H groups in total. The summed E-state index contributed by atoms with van der Waals surface area (Å²) in [5.41, 5.74) is 7.90. The highest BCUT2D eigenvalue weighted by Gasteiger charge is 2.41. The summed E-state index contributed by atoms with van der Waals surface area (Å²) in [4.78, 5) is 56.5. The number of aromatic nitrogens is 3. The summed E-state index contributed by atoms with van der Waals surface area (Å²) in [6.45, 7) is 3.58. The van der Waals surface area contributed by atoms with Crippen molar-refractivity contribution in [3.8, 4) is 0 Å². The van der Waals surface area contributed by atoms with Crippen LogP contribution in [0.15, 0.2) is 58.1 Å². The first-order valence-electron chi connectivity index (χ1n) is 11.8. The van der Waals surface area contributed by atoms with E-state index in [1.165, 1.54) is 4.57 Å². The summed E-state index contributed by atoms with van der Waals surface area (Å²) in [5, 5.41) is 0. The molecule has 0 saturated carbocycles. The first kappa shape index (κ1) is 25.4. The fourth-order valence-corrected chi connectivity index (χ4v) is 5.04.